The highest BCUT2D eigenvalue weighted by Crippen LogP contribution is 2.44. The number of alkyl halides is 3. The third-order valence-electron chi connectivity index (χ3n) is 6.87. The lowest BCUT2D eigenvalue weighted by atomic mass is 10.1. The highest BCUT2D eigenvalue weighted by molar-refractivity contribution is 5.75. The molecule has 0 amide bonds. The van der Waals surface area contributed by atoms with Crippen LogP contribution < -0.4 is 10.4 Å². The minimum Gasteiger partial charge on any atom is -0.480 e. The molecule has 6 rings (SSSR count). The summed E-state index contributed by atoms with van der Waals surface area (Å²) in [5.74, 6) is 1.23. The fraction of sp³-hybridized carbons (Fsp3) is 0.333. The lowest BCUT2D eigenvalue weighted by Crippen LogP contribution is -2.17. The summed E-state index contributed by atoms with van der Waals surface area (Å²) in [6.45, 7) is 3.77. The minimum atomic E-state index is -4.54. The number of aromatic nitrogens is 8. The molecule has 0 atom stereocenters. The average Bonchev–Trinajstić information content (AvgIpc) is 3.59. The number of methoxy groups -OCH3 is 1. The number of rotatable bonds is 7. The van der Waals surface area contributed by atoms with Crippen molar-refractivity contribution in [3.63, 3.8) is 0 Å². The normalized spacial score (nSPS) is 13.9. The molecule has 1 aliphatic carbocycles. The smallest absolute Gasteiger partial charge is 0.434 e. The Bertz CT molecular complexity index is 1770. The number of aromatic amines is 1. The SMILES string of the molecule is COc1ncnc(C2CC2)c1-c1ncc2[nH]c(=O)n(Cc3ccc(-c4nc(C(F)(F)F)cn4C(C)C)cc3)c2n1. The lowest BCUT2D eigenvalue weighted by molar-refractivity contribution is -0.140. The van der Waals surface area contributed by atoms with Crippen LogP contribution in [0.4, 0.5) is 13.2 Å². The standard InChI is InChI=1S/C27H25F3N8O2/c1-14(2)37-12-19(27(28,29)30)35-23(37)17-6-4-15(5-7-17)11-38-24-18(34-26(38)39)10-31-22(36-24)20-21(16-8-9-16)32-13-33-25(20)40-3/h4-7,10,12-14,16H,8-9,11H2,1-3H3,(H,34,39). The van der Waals surface area contributed by atoms with Crippen molar-refractivity contribution in [3.05, 3.63) is 70.4 Å². The predicted octanol–water partition coefficient (Wildman–Crippen LogP) is 4.97. The van der Waals surface area contributed by atoms with E-state index in [1.54, 1.807) is 44.3 Å². The topological polar surface area (TPSA) is 116 Å². The van der Waals surface area contributed by atoms with E-state index in [-0.39, 0.29) is 30.0 Å². The second kappa shape index (κ2) is 9.57. The van der Waals surface area contributed by atoms with E-state index >= 15 is 0 Å². The number of nitrogens with zero attached hydrogens (tertiary/aromatic N) is 7. The maximum Gasteiger partial charge on any atom is 0.434 e. The molecule has 5 aromatic rings. The van der Waals surface area contributed by atoms with Gasteiger partial charge in [0.15, 0.2) is 17.2 Å². The number of H-pyrrole nitrogens is 1. The molecule has 0 unspecified atom stereocenters. The van der Waals surface area contributed by atoms with Crippen LogP contribution in [0.25, 0.3) is 33.9 Å². The highest BCUT2D eigenvalue weighted by Gasteiger charge is 2.35. The van der Waals surface area contributed by atoms with Gasteiger partial charge < -0.3 is 14.3 Å². The number of fused-ring (bicyclic) bond motifs is 1. The molecule has 206 valence electrons. The first-order valence-corrected chi connectivity index (χ1v) is 12.7. The summed E-state index contributed by atoms with van der Waals surface area (Å²) < 4.78 is 48.4. The van der Waals surface area contributed by atoms with Crippen molar-refractivity contribution < 1.29 is 17.9 Å². The molecule has 1 fully saturated rings. The van der Waals surface area contributed by atoms with Gasteiger partial charge in [-0.25, -0.2) is 29.7 Å². The van der Waals surface area contributed by atoms with Gasteiger partial charge in [-0.1, -0.05) is 24.3 Å². The summed E-state index contributed by atoms with van der Waals surface area (Å²) in [6.07, 6.45) is 1.51. The zero-order valence-corrected chi connectivity index (χ0v) is 21.9. The number of benzene rings is 1. The molecule has 1 aromatic carbocycles. The van der Waals surface area contributed by atoms with Crippen molar-refractivity contribution >= 4 is 11.2 Å². The summed E-state index contributed by atoms with van der Waals surface area (Å²) in [5.41, 5.74) is 2.28. The molecule has 10 nitrogen and oxygen atoms in total. The van der Waals surface area contributed by atoms with Crippen LogP contribution in [0.2, 0.25) is 0 Å². The second-order valence-electron chi connectivity index (χ2n) is 10.0. The van der Waals surface area contributed by atoms with Gasteiger partial charge in [0.25, 0.3) is 0 Å². The molecule has 0 bridgehead atoms. The predicted molar refractivity (Wildman–Crippen MR) is 140 cm³/mol. The van der Waals surface area contributed by atoms with Crippen LogP contribution in [-0.2, 0) is 12.7 Å². The Morgan fingerprint density at radius 1 is 1.10 bits per heavy atom. The van der Waals surface area contributed by atoms with Gasteiger partial charge in [-0.3, -0.25) is 4.57 Å². The number of ether oxygens (including phenoxy) is 1. The Morgan fingerprint density at radius 2 is 1.85 bits per heavy atom. The van der Waals surface area contributed by atoms with Crippen molar-refractivity contribution in [2.75, 3.05) is 7.11 Å². The first-order chi connectivity index (χ1) is 19.1. The molecule has 4 heterocycles. The average molecular weight is 551 g/mol. The second-order valence-corrected chi connectivity index (χ2v) is 10.0. The molecule has 1 aliphatic rings. The fourth-order valence-corrected chi connectivity index (χ4v) is 4.71. The molecule has 1 N–H and O–H groups in total. The molecule has 4 aromatic heterocycles. The molecule has 1 saturated carbocycles. The summed E-state index contributed by atoms with van der Waals surface area (Å²) in [7, 11) is 1.52. The number of halogens is 3. The summed E-state index contributed by atoms with van der Waals surface area (Å²) in [4.78, 5) is 37.3. The van der Waals surface area contributed by atoms with E-state index in [1.165, 1.54) is 22.6 Å². The molecule has 13 heteroatoms. The first kappa shape index (κ1) is 25.7. The zero-order valence-electron chi connectivity index (χ0n) is 21.9. The van der Waals surface area contributed by atoms with Crippen LogP contribution in [0, 0.1) is 0 Å². The van der Waals surface area contributed by atoms with Gasteiger partial charge in [0, 0.05) is 23.7 Å². The molecule has 0 aliphatic heterocycles. The third-order valence-corrected chi connectivity index (χ3v) is 6.87. The van der Waals surface area contributed by atoms with E-state index in [4.69, 9.17) is 9.72 Å². The van der Waals surface area contributed by atoms with Gasteiger partial charge in [-0.15, -0.1) is 0 Å². The van der Waals surface area contributed by atoms with E-state index in [0.29, 0.717) is 34.0 Å². The quantitative estimate of drug-likeness (QED) is 0.304. The molecular formula is C27H25F3N8O2. The third kappa shape index (κ3) is 4.61. The van der Waals surface area contributed by atoms with Crippen LogP contribution in [-0.4, -0.2) is 46.1 Å². The Kier molecular flexibility index (Phi) is 6.15. The summed E-state index contributed by atoms with van der Waals surface area (Å²) in [5, 5.41) is 0. The molecule has 0 radical (unpaired) electrons. The number of imidazole rings is 2. The van der Waals surface area contributed by atoms with Crippen LogP contribution in [0.15, 0.2) is 47.8 Å². The number of hydrogen-bond acceptors (Lipinski definition) is 7. The highest BCUT2D eigenvalue weighted by atomic mass is 19.4. The van der Waals surface area contributed by atoms with Crippen molar-refractivity contribution in [3.8, 4) is 28.7 Å². The molecule has 40 heavy (non-hydrogen) atoms. The fourth-order valence-electron chi connectivity index (χ4n) is 4.71. The van der Waals surface area contributed by atoms with E-state index in [2.05, 4.69) is 24.9 Å². The maximum atomic E-state index is 13.3. The van der Waals surface area contributed by atoms with E-state index < -0.39 is 11.9 Å². The van der Waals surface area contributed by atoms with Crippen LogP contribution >= 0.6 is 0 Å². The van der Waals surface area contributed by atoms with Crippen molar-refractivity contribution in [1.82, 2.24) is 39.0 Å². The monoisotopic (exact) mass is 550 g/mol. The summed E-state index contributed by atoms with van der Waals surface area (Å²) in [6, 6.07) is 6.70. The molecular weight excluding hydrogens is 525 g/mol. The van der Waals surface area contributed by atoms with Gasteiger partial charge in [0.2, 0.25) is 5.88 Å². The van der Waals surface area contributed by atoms with Gasteiger partial charge in [-0.05, 0) is 32.3 Å². The van der Waals surface area contributed by atoms with Crippen molar-refractivity contribution in [2.45, 2.75) is 51.4 Å². The first-order valence-electron chi connectivity index (χ1n) is 12.7. The zero-order chi connectivity index (χ0) is 28.2. The molecule has 0 spiro atoms. The number of nitrogens with one attached hydrogen (secondary N) is 1. The Labute approximate surface area is 225 Å². The Balaban J connectivity index is 1.35. The van der Waals surface area contributed by atoms with Crippen molar-refractivity contribution in [1.29, 1.82) is 0 Å². The Hall–Kier alpha value is -4.55. The van der Waals surface area contributed by atoms with E-state index in [1.807, 2.05) is 0 Å². The van der Waals surface area contributed by atoms with E-state index in [9.17, 15) is 18.0 Å². The minimum absolute atomic E-state index is 0.180. The van der Waals surface area contributed by atoms with E-state index in [0.717, 1.165) is 30.3 Å². The van der Waals surface area contributed by atoms with Gasteiger partial charge >= 0.3 is 11.9 Å². The summed E-state index contributed by atoms with van der Waals surface area (Å²) >= 11 is 0. The van der Waals surface area contributed by atoms with Gasteiger partial charge in [0.05, 0.1) is 25.5 Å². The van der Waals surface area contributed by atoms with Crippen LogP contribution in [0.5, 0.6) is 5.88 Å². The van der Waals surface area contributed by atoms with Gasteiger partial charge in [-0.2, -0.15) is 13.2 Å². The Morgan fingerprint density at radius 3 is 2.50 bits per heavy atom. The molecule has 0 saturated heterocycles. The number of hydrogen-bond donors (Lipinski definition) is 1. The maximum absolute atomic E-state index is 13.3. The largest absolute Gasteiger partial charge is 0.480 e. The van der Waals surface area contributed by atoms with Crippen LogP contribution in [0.3, 0.4) is 0 Å². The van der Waals surface area contributed by atoms with Crippen LogP contribution in [0.1, 0.15) is 55.6 Å². The van der Waals surface area contributed by atoms with Gasteiger partial charge in [0.1, 0.15) is 23.2 Å². The van der Waals surface area contributed by atoms with Crippen molar-refractivity contribution in [2.24, 2.45) is 0 Å². The lowest BCUT2D eigenvalue weighted by Gasteiger charge is -2.12.